The van der Waals surface area contributed by atoms with Gasteiger partial charge in [0.25, 0.3) is 0 Å². The van der Waals surface area contributed by atoms with E-state index in [2.05, 4.69) is 10.3 Å². The first kappa shape index (κ1) is 12.2. The molecule has 1 heterocycles. The third-order valence-electron chi connectivity index (χ3n) is 1.77. The number of anilines is 1. The fraction of sp³-hybridized carbons (Fsp3) is 0.444. The maximum absolute atomic E-state index is 13.2. The van der Waals surface area contributed by atoms with E-state index in [1.54, 1.807) is 0 Å². The first-order valence-corrected chi connectivity index (χ1v) is 4.65. The first-order valence-electron chi connectivity index (χ1n) is 4.28. The molecule has 84 valence electrons. The summed E-state index contributed by atoms with van der Waals surface area (Å²) in [5.74, 6) is -0.382. The van der Waals surface area contributed by atoms with Gasteiger partial charge < -0.3 is 14.8 Å². The number of pyridine rings is 1. The Morgan fingerprint density at radius 2 is 2.20 bits per heavy atom. The lowest BCUT2D eigenvalue weighted by Gasteiger charge is -2.14. The molecule has 0 bridgehead atoms. The molecule has 0 spiro atoms. The zero-order valence-electron chi connectivity index (χ0n) is 8.46. The highest BCUT2D eigenvalue weighted by Crippen LogP contribution is 2.15. The Bertz CT molecular complexity index is 321. The topological polar surface area (TPSA) is 43.4 Å². The van der Waals surface area contributed by atoms with E-state index in [0.717, 1.165) is 0 Å². The Hall–Kier alpha value is -0.910. The number of hydrogen-bond donors (Lipinski definition) is 1. The molecule has 15 heavy (non-hydrogen) atoms. The zero-order valence-corrected chi connectivity index (χ0v) is 9.21. The van der Waals surface area contributed by atoms with Crippen LogP contribution in [0.5, 0.6) is 0 Å². The number of ether oxygens (including phenoxy) is 2. The van der Waals surface area contributed by atoms with E-state index in [-0.39, 0.29) is 10.8 Å². The Kier molecular flexibility index (Phi) is 4.74. The van der Waals surface area contributed by atoms with Gasteiger partial charge in [0.05, 0.1) is 11.6 Å². The van der Waals surface area contributed by atoms with Gasteiger partial charge in [0.1, 0.15) is 0 Å². The van der Waals surface area contributed by atoms with Crippen LogP contribution in [0.25, 0.3) is 0 Å². The first-order chi connectivity index (χ1) is 7.17. The summed E-state index contributed by atoms with van der Waals surface area (Å²) in [6.07, 6.45) is 0.920. The van der Waals surface area contributed by atoms with Crippen molar-refractivity contribution in [2.75, 3.05) is 26.1 Å². The second kappa shape index (κ2) is 5.85. The van der Waals surface area contributed by atoms with E-state index in [1.807, 2.05) is 0 Å². The van der Waals surface area contributed by atoms with Crippen molar-refractivity contribution in [1.29, 1.82) is 0 Å². The molecule has 0 radical (unpaired) electrons. The molecule has 1 aromatic heterocycles. The maximum Gasteiger partial charge on any atom is 0.173 e. The molecule has 0 aliphatic carbocycles. The molecule has 0 saturated carbocycles. The molecule has 0 amide bonds. The van der Waals surface area contributed by atoms with Crippen LogP contribution in [0, 0.1) is 5.82 Å². The average molecular weight is 235 g/mol. The van der Waals surface area contributed by atoms with Crippen LogP contribution in [0.3, 0.4) is 0 Å². The number of nitrogens with one attached hydrogen (secondary N) is 1. The molecule has 0 aliphatic heterocycles. The fourth-order valence-corrected chi connectivity index (χ4v) is 1.13. The van der Waals surface area contributed by atoms with Crippen molar-refractivity contribution >= 4 is 17.4 Å². The van der Waals surface area contributed by atoms with Crippen molar-refractivity contribution in [3.8, 4) is 0 Å². The SMILES string of the molecule is COC(CNc1ncc(Cl)cc1F)OC. The highest BCUT2D eigenvalue weighted by Gasteiger charge is 2.08. The molecule has 1 rings (SSSR count). The Labute approximate surface area is 92.4 Å². The minimum Gasteiger partial charge on any atom is -0.363 e. The highest BCUT2D eigenvalue weighted by molar-refractivity contribution is 6.30. The monoisotopic (exact) mass is 234 g/mol. The van der Waals surface area contributed by atoms with Crippen LogP contribution in [0.4, 0.5) is 10.2 Å². The number of rotatable bonds is 5. The lowest BCUT2D eigenvalue weighted by Crippen LogP contribution is -2.24. The van der Waals surface area contributed by atoms with Crippen molar-refractivity contribution < 1.29 is 13.9 Å². The number of halogens is 2. The van der Waals surface area contributed by atoms with Gasteiger partial charge in [0.15, 0.2) is 17.9 Å². The van der Waals surface area contributed by atoms with Gasteiger partial charge in [-0.3, -0.25) is 0 Å². The molecule has 0 saturated heterocycles. The lowest BCUT2D eigenvalue weighted by atomic mass is 10.4. The van der Waals surface area contributed by atoms with Crippen LogP contribution >= 0.6 is 11.6 Å². The minimum absolute atomic E-state index is 0.124. The Morgan fingerprint density at radius 1 is 1.53 bits per heavy atom. The van der Waals surface area contributed by atoms with E-state index < -0.39 is 12.1 Å². The summed E-state index contributed by atoms with van der Waals surface area (Å²) in [7, 11) is 3.00. The minimum atomic E-state index is -0.506. The molecule has 0 aromatic carbocycles. The van der Waals surface area contributed by atoms with Gasteiger partial charge in [-0.2, -0.15) is 0 Å². The summed E-state index contributed by atoms with van der Waals surface area (Å²) in [5.41, 5.74) is 0. The van der Waals surface area contributed by atoms with E-state index in [0.29, 0.717) is 6.54 Å². The molecular weight excluding hydrogens is 223 g/mol. The molecule has 0 fully saturated rings. The quantitative estimate of drug-likeness (QED) is 0.791. The molecule has 0 atom stereocenters. The summed E-state index contributed by atoms with van der Waals surface area (Å²) in [5, 5.41) is 3.00. The second-order valence-electron chi connectivity index (χ2n) is 2.77. The third kappa shape index (κ3) is 3.62. The molecule has 1 aromatic rings. The van der Waals surface area contributed by atoms with Crippen molar-refractivity contribution in [2.45, 2.75) is 6.29 Å². The van der Waals surface area contributed by atoms with Crippen LogP contribution in [-0.2, 0) is 9.47 Å². The molecule has 6 heteroatoms. The van der Waals surface area contributed by atoms with Gasteiger partial charge in [0, 0.05) is 20.4 Å². The van der Waals surface area contributed by atoms with Crippen LogP contribution < -0.4 is 5.32 Å². The Balaban J connectivity index is 2.57. The molecule has 4 nitrogen and oxygen atoms in total. The van der Waals surface area contributed by atoms with Gasteiger partial charge in [0.2, 0.25) is 0 Å². The van der Waals surface area contributed by atoms with Gasteiger partial charge in [-0.15, -0.1) is 0 Å². The smallest absolute Gasteiger partial charge is 0.173 e. The molecular formula is C9H12ClFN2O2. The average Bonchev–Trinajstić information content (AvgIpc) is 2.22. The number of hydrogen-bond acceptors (Lipinski definition) is 4. The van der Waals surface area contributed by atoms with Crippen LogP contribution in [0.1, 0.15) is 0 Å². The highest BCUT2D eigenvalue weighted by atomic mass is 35.5. The zero-order chi connectivity index (χ0) is 11.3. The van der Waals surface area contributed by atoms with Crippen LogP contribution in [0.2, 0.25) is 5.02 Å². The summed E-state index contributed by atoms with van der Waals surface area (Å²) in [4.78, 5) is 3.79. The van der Waals surface area contributed by atoms with E-state index in [1.165, 1.54) is 26.5 Å². The predicted octanol–water partition coefficient (Wildman–Crippen LogP) is 1.90. The normalized spacial score (nSPS) is 10.7. The summed E-state index contributed by atoms with van der Waals surface area (Å²) in [6, 6.07) is 1.19. The van der Waals surface area contributed by atoms with E-state index in [9.17, 15) is 4.39 Å². The third-order valence-corrected chi connectivity index (χ3v) is 1.98. The van der Waals surface area contributed by atoms with E-state index in [4.69, 9.17) is 21.1 Å². The van der Waals surface area contributed by atoms with Gasteiger partial charge in [-0.25, -0.2) is 9.37 Å². The Morgan fingerprint density at radius 3 is 2.73 bits per heavy atom. The van der Waals surface area contributed by atoms with Crippen LogP contribution in [0.15, 0.2) is 12.3 Å². The maximum atomic E-state index is 13.2. The van der Waals surface area contributed by atoms with Gasteiger partial charge in [-0.05, 0) is 6.07 Å². The standard InChI is InChI=1S/C9H12ClFN2O2/c1-14-8(15-2)5-13-9-7(11)3-6(10)4-12-9/h3-4,8H,5H2,1-2H3,(H,12,13). The lowest BCUT2D eigenvalue weighted by molar-refractivity contribution is -0.0914. The van der Waals surface area contributed by atoms with Crippen molar-refractivity contribution in [1.82, 2.24) is 4.98 Å². The summed E-state index contributed by atoms with van der Waals surface area (Å²) >= 11 is 5.55. The summed E-state index contributed by atoms with van der Waals surface area (Å²) in [6.45, 7) is 0.304. The second-order valence-corrected chi connectivity index (χ2v) is 3.20. The molecule has 0 unspecified atom stereocenters. The number of nitrogens with zero attached hydrogens (tertiary/aromatic N) is 1. The molecule has 0 aliphatic rings. The van der Waals surface area contributed by atoms with Crippen LogP contribution in [-0.4, -0.2) is 32.0 Å². The van der Waals surface area contributed by atoms with E-state index >= 15 is 0 Å². The van der Waals surface area contributed by atoms with Crippen molar-refractivity contribution in [2.24, 2.45) is 0 Å². The van der Waals surface area contributed by atoms with Gasteiger partial charge in [-0.1, -0.05) is 11.6 Å². The van der Waals surface area contributed by atoms with Crippen molar-refractivity contribution in [3.05, 3.63) is 23.1 Å². The predicted molar refractivity (Wildman–Crippen MR) is 55.5 cm³/mol. The number of methoxy groups -OCH3 is 2. The number of aromatic nitrogens is 1. The fourth-order valence-electron chi connectivity index (χ4n) is 0.988. The molecule has 1 N–H and O–H groups in total. The summed E-state index contributed by atoms with van der Waals surface area (Å²) < 4.78 is 23.1. The largest absolute Gasteiger partial charge is 0.363 e. The van der Waals surface area contributed by atoms with Crippen molar-refractivity contribution in [3.63, 3.8) is 0 Å². The van der Waals surface area contributed by atoms with Gasteiger partial charge >= 0.3 is 0 Å².